The molecule has 1 aromatic carbocycles. The molecule has 114 valence electrons. The molecule has 5 nitrogen and oxygen atoms in total. The summed E-state index contributed by atoms with van der Waals surface area (Å²) < 4.78 is 2.14. The number of hydrogen-bond acceptors (Lipinski definition) is 4. The third-order valence-corrected chi connectivity index (χ3v) is 4.22. The van der Waals surface area contributed by atoms with E-state index in [0.29, 0.717) is 12.5 Å². The summed E-state index contributed by atoms with van der Waals surface area (Å²) in [7, 11) is 0. The molecule has 0 aliphatic rings. The lowest BCUT2D eigenvalue weighted by Gasteiger charge is -2.09. The van der Waals surface area contributed by atoms with Gasteiger partial charge in [-0.05, 0) is 18.1 Å². The minimum Gasteiger partial charge on any atom is -0.476 e. The fourth-order valence-corrected chi connectivity index (χ4v) is 3.20. The maximum Gasteiger partial charge on any atom is 0.355 e. The second-order valence-corrected chi connectivity index (χ2v) is 6.58. The summed E-state index contributed by atoms with van der Waals surface area (Å²) in [6.45, 7) is 4.88. The number of nitrogens with zero attached hydrogens (tertiary/aromatic N) is 3. The van der Waals surface area contributed by atoms with Crippen LogP contribution in [0.2, 0.25) is 0 Å². The molecule has 0 saturated carbocycles. The Morgan fingerprint density at radius 1 is 1.32 bits per heavy atom. The fraction of sp³-hybridized carbons (Fsp3) is 0.312. The van der Waals surface area contributed by atoms with E-state index in [9.17, 15) is 4.79 Å². The van der Waals surface area contributed by atoms with Crippen molar-refractivity contribution in [3.05, 3.63) is 46.2 Å². The maximum atomic E-state index is 11.0. The first-order chi connectivity index (χ1) is 10.5. The van der Waals surface area contributed by atoms with E-state index in [2.05, 4.69) is 23.4 Å². The quantitative estimate of drug-likeness (QED) is 0.783. The van der Waals surface area contributed by atoms with Crippen LogP contribution in [0.5, 0.6) is 0 Å². The number of carbonyl (C=O) groups is 1. The summed E-state index contributed by atoms with van der Waals surface area (Å²) in [5.74, 6) is 0.533. The van der Waals surface area contributed by atoms with Crippen molar-refractivity contribution in [1.82, 2.24) is 14.5 Å². The number of para-hydroxylation sites is 2. The molecule has 0 aliphatic carbocycles. The number of imidazole rings is 1. The van der Waals surface area contributed by atoms with Gasteiger partial charge in [0.2, 0.25) is 0 Å². The van der Waals surface area contributed by atoms with E-state index in [1.807, 2.05) is 24.3 Å². The van der Waals surface area contributed by atoms with E-state index < -0.39 is 5.97 Å². The van der Waals surface area contributed by atoms with Gasteiger partial charge in [0.1, 0.15) is 10.8 Å². The molecule has 0 bridgehead atoms. The molecule has 0 saturated heterocycles. The zero-order chi connectivity index (χ0) is 15.7. The van der Waals surface area contributed by atoms with Crippen LogP contribution in [0.1, 0.15) is 35.2 Å². The van der Waals surface area contributed by atoms with Gasteiger partial charge in [-0.3, -0.25) is 0 Å². The van der Waals surface area contributed by atoms with Crippen molar-refractivity contribution in [2.45, 2.75) is 26.8 Å². The molecule has 0 spiro atoms. The van der Waals surface area contributed by atoms with E-state index in [0.717, 1.165) is 28.3 Å². The Hall–Kier alpha value is -2.21. The van der Waals surface area contributed by atoms with Gasteiger partial charge in [-0.2, -0.15) is 0 Å². The van der Waals surface area contributed by atoms with Crippen LogP contribution in [0.25, 0.3) is 11.0 Å². The summed E-state index contributed by atoms with van der Waals surface area (Å²) in [6.07, 6.45) is 0.881. The smallest absolute Gasteiger partial charge is 0.355 e. The van der Waals surface area contributed by atoms with E-state index in [4.69, 9.17) is 10.1 Å². The summed E-state index contributed by atoms with van der Waals surface area (Å²) in [5.41, 5.74) is 2.13. The molecule has 3 rings (SSSR count). The van der Waals surface area contributed by atoms with Gasteiger partial charge in [-0.1, -0.05) is 26.0 Å². The van der Waals surface area contributed by atoms with E-state index in [-0.39, 0.29) is 5.69 Å². The first-order valence-electron chi connectivity index (χ1n) is 7.16. The predicted octanol–water partition coefficient (Wildman–Crippen LogP) is 3.44. The van der Waals surface area contributed by atoms with Crippen molar-refractivity contribution < 1.29 is 9.90 Å². The van der Waals surface area contributed by atoms with Gasteiger partial charge >= 0.3 is 5.97 Å². The average Bonchev–Trinajstić information content (AvgIpc) is 3.05. The van der Waals surface area contributed by atoms with Crippen LogP contribution >= 0.6 is 11.3 Å². The van der Waals surface area contributed by atoms with Crippen LogP contribution in [0.15, 0.2) is 29.6 Å². The molecule has 2 heterocycles. The number of aromatic nitrogens is 3. The number of rotatable bonds is 5. The first-order valence-corrected chi connectivity index (χ1v) is 8.04. The highest BCUT2D eigenvalue weighted by molar-refractivity contribution is 7.09. The molecule has 0 aliphatic heterocycles. The number of aromatic carboxylic acids is 1. The largest absolute Gasteiger partial charge is 0.476 e. The number of carboxylic acid groups (broad SMARTS) is 1. The number of fused-ring (bicyclic) bond motifs is 1. The predicted molar refractivity (Wildman–Crippen MR) is 86.5 cm³/mol. The Morgan fingerprint density at radius 2 is 2.09 bits per heavy atom. The van der Waals surface area contributed by atoms with E-state index in [1.165, 1.54) is 11.3 Å². The normalized spacial score (nSPS) is 11.4. The lowest BCUT2D eigenvalue weighted by atomic mass is 10.1. The third-order valence-electron chi connectivity index (χ3n) is 3.39. The summed E-state index contributed by atoms with van der Waals surface area (Å²) in [6, 6.07) is 8.01. The van der Waals surface area contributed by atoms with Crippen LogP contribution in [-0.4, -0.2) is 25.6 Å². The van der Waals surface area contributed by atoms with Crippen LogP contribution in [0, 0.1) is 5.92 Å². The topological polar surface area (TPSA) is 68.0 Å². The molecule has 0 unspecified atom stereocenters. The Morgan fingerprint density at radius 3 is 2.77 bits per heavy atom. The highest BCUT2D eigenvalue weighted by Crippen LogP contribution is 2.21. The highest BCUT2D eigenvalue weighted by Gasteiger charge is 2.15. The van der Waals surface area contributed by atoms with Gasteiger partial charge in [0.25, 0.3) is 0 Å². The minimum atomic E-state index is -0.986. The first kappa shape index (κ1) is 14.7. The molecule has 1 N–H and O–H groups in total. The van der Waals surface area contributed by atoms with Gasteiger partial charge < -0.3 is 9.67 Å². The molecule has 0 fully saturated rings. The van der Waals surface area contributed by atoms with Crippen LogP contribution in [-0.2, 0) is 13.0 Å². The number of thiazole rings is 1. The second-order valence-electron chi connectivity index (χ2n) is 5.63. The van der Waals surface area contributed by atoms with Gasteiger partial charge in [0.05, 0.1) is 17.6 Å². The Kier molecular flexibility index (Phi) is 3.94. The lowest BCUT2D eigenvalue weighted by Crippen LogP contribution is -2.08. The van der Waals surface area contributed by atoms with Crippen molar-refractivity contribution in [3.8, 4) is 0 Å². The highest BCUT2D eigenvalue weighted by atomic mass is 32.1. The van der Waals surface area contributed by atoms with Crippen LogP contribution in [0.4, 0.5) is 0 Å². The Labute approximate surface area is 132 Å². The number of carboxylic acids is 1. The third kappa shape index (κ3) is 2.87. The van der Waals surface area contributed by atoms with Gasteiger partial charge in [0.15, 0.2) is 5.69 Å². The van der Waals surface area contributed by atoms with Gasteiger partial charge in [-0.25, -0.2) is 14.8 Å². The average molecular weight is 315 g/mol. The van der Waals surface area contributed by atoms with Crippen molar-refractivity contribution in [2.24, 2.45) is 5.92 Å². The molecule has 3 aromatic rings. The Balaban J connectivity index is 2.01. The van der Waals surface area contributed by atoms with Crippen LogP contribution < -0.4 is 0 Å². The number of benzene rings is 1. The standard InChI is InChI=1S/C16H17N3O2S/c1-10(2)7-14-17-11-5-3-4-6-13(11)19(14)8-15-18-12(9-22-15)16(20)21/h3-6,9-10H,7-8H2,1-2H3,(H,20,21). The zero-order valence-corrected chi connectivity index (χ0v) is 13.3. The van der Waals surface area contributed by atoms with Gasteiger partial charge in [0, 0.05) is 11.8 Å². The minimum absolute atomic E-state index is 0.106. The summed E-state index contributed by atoms with van der Waals surface area (Å²) in [5, 5.41) is 11.4. The molecule has 6 heteroatoms. The lowest BCUT2D eigenvalue weighted by molar-refractivity contribution is 0.0691. The Bertz CT molecular complexity index is 820. The van der Waals surface area contributed by atoms with Gasteiger partial charge in [-0.15, -0.1) is 11.3 Å². The molecule has 0 atom stereocenters. The molecular weight excluding hydrogens is 298 g/mol. The molecule has 0 radical (unpaired) electrons. The van der Waals surface area contributed by atoms with Crippen molar-refractivity contribution in [2.75, 3.05) is 0 Å². The fourth-order valence-electron chi connectivity index (χ4n) is 2.44. The van der Waals surface area contributed by atoms with Crippen molar-refractivity contribution in [3.63, 3.8) is 0 Å². The van der Waals surface area contributed by atoms with E-state index in [1.54, 1.807) is 5.38 Å². The van der Waals surface area contributed by atoms with Crippen molar-refractivity contribution >= 4 is 28.3 Å². The maximum absolute atomic E-state index is 11.0. The SMILES string of the molecule is CC(C)Cc1nc2ccccc2n1Cc1nc(C(=O)O)cs1. The molecule has 22 heavy (non-hydrogen) atoms. The van der Waals surface area contributed by atoms with E-state index >= 15 is 0 Å². The zero-order valence-electron chi connectivity index (χ0n) is 12.5. The monoisotopic (exact) mass is 315 g/mol. The number of hydrogen-bond donors (Lipinski definition) is 1. The molecule has 0 amide bonds. The second kappa shape index (κ2) is 5.88. The summed E-state index contributed by atoms with van der Waals surface area (Å²) in [4.78, 5) is 19.9. The van der Waals surface area contributed by atoms with Crippen molar-refractivity contribution in [1.29, 1.82) is 0 Å². The summed E-state index contributed by atoms with van der Waals surface area (Å²) >= 11 is 1.37. The molecular formula is C16H17N3O2S. The molecule has 2 aromatic heterocycles. The van der Waals surface area contributed by atoms with Crippen LogP contribution in [0.3, 0.4) is 0 Å².